The average molecular weight is 293 g/mol. The fourth-order valence-corrected chi connectivity index (χ4v) is 4.58. The summed E-state index contributed by atoms with van der Waals surface area (Å²) >= 11 is 6.70. The van der Waals surface area contributed by atoms with E-state index in [1.807, 2.05) is 0 Å². The Morgan fingerprint density at radius 3 is 2.55 bits per heavy atom. The van der Waals surface area contributed by atoms with Gasteiger partial charge < -0.3 is 0 Å². The van der Waals surface area contributed by atoms with E-state index in [0.29, 0.717) is 11.3 Å². The molecule has 0 bridgehead atoms. The molecule has 0 heterocycles. The minimum Gasteiger partial charge on any atom is -0.123 e. The predicted molar refractivity (Wildman–Crippen MR) is 89.5 cm³/mol. The summed E-state index contributed by atoms with van der Waals surface area (Å²) in [6, 6.07) is 6.81. The van der Waals surface area contributed by atoms with Gasteiger partial charge in [-0.2, -0.15) is 0 Å². The Kier molecular flexibility index (Phi) is 4.84. The number of aryl methyl sites for hydroxylation is 2. The third kappa shape index (κ3) is 3.58. The van der Waals surface area contributed by atoms with Crippen molar-refractivity contribution in [2.45, 2.75) is 65.7 Å². The highest BCUT2D eigenvalue weighted by atomic mass is 35.5. The van der Waals surface area contributed by atoms with Crippen molar-refractivity contribution >= 4 is 11.6 Å². The van der Waals surface area contributed by atoms with Crippen molar-refractivity contribution in [1.82, 2.24) is 0 Å². The van der Waals surface area contributed by atoms with Crippen LogP contribution in [0.5, 0.6) is 0 Å². The summed E-state index contributed by atoms with van der Waals surface area (Å²) in [7, 11) is 0. The molecule has 0 saturated heterocycles. The zero-order valence-electron chi connectivity index (χ0n) is 13.7. The van der Waals surface area contributed by atoms with Crippen LogP contribution in [-0.4, -0.2) is 5.38 Å². The summed E-state index contributed by atoms with van der Waals surface area (Å²) in [5.74, 6) is 1.44. The molecule has 20 heavy (non-hydrogen) atoms. The summed E-state index contributed by atoms with van der Waals surface area (Å²) in [4.78, 5) is 0. The standard InChI is InChI=1S/C19H29Cl/c1-13-6-8-15(3)16(10-13)12-19(4,5)17-9-7-14(2)11-18(17)20/h6,8,10,14,17-18H,7,9,11-12H2,1-5H3. The minimum absolute atomic E-state index is 0.283. The fourth-order valence-electron chi connectivity index (χ4n) is 3.80. The molecule has 2 rings (SSSR count). The van der Waals surface area contributed by atoms with Crippen molar-refractivity contribution in [2.75, 3.05) is 0 Å². The zero-order valence-corrected chi connectivity index (χ0v) is 14.4. The highest BCUT2D eigenvalue weighted by Crippen LogP contribution is 2.44. The molecule has 0 aliphatic heterocycles. The molecule has 1 aromatic rings. The van der Waals surface area contributed by atoms with E-state index in [2.05, 4.69) is 52.8 Å². The van der Waals surface area contributed by atoms with Gasteiger partial charge in [-0.25, -0.2) is 0 Å². The second-order valence-electron chi connectivity index (χ2n) is 7.64. The zero-order chi connectivity index (χ0) is 14.9. The maximum absolute atomic E-state index is 6.70. The highest BCUT2D eigenvalue weighted by molar-refractivity contribution is 6.20. The molecule has 112 valence electrons. The topological polar surface area (TPSA) is 0 Å². The lowest BCUT2D eigenvalue weighted by molar-refractivity contribution is 0.141. The molecular formula is C19H29Cl. The van der Waals surface area contributed by atoms with Gasteiger partial charge in [0.1, 0.15) is 0 Å². The van der Waals surface area contributed by atoms with Crippen LogP contribution in [0, 0.1) is 31.1 Å². The van der Waals surface area contributed by atoms with Crippen LogP contribution in [0.25, 0.3) is 0 Å². The second-order valence-corrected chi connectivity index (χ2v) is 8.20. The Morgan fingerprint density at radius 1 is 1.20 bits per heavy atom. The van der Waals surface area contributed by atoms with Crippen LogP contribution in [0.2, 0.25) is 0 Å². The fraction of sp³-hybridized carbons (Fsp3) is 0.684. The number of rotatable bonds is 3. The second kappa shape index (κ2) is 6.10. The minimum atomic E-state index is 0.283. The highest BCUT2D eigenvalue weighted by Gasteiger charge is 2.38. The molecule has 1 aromatic carbocycles. The third-order valence-corrected chi connectivity index (χ3v) is 5.67. The molecule has 0 spiro atoms. The molecule has 0 nitrogen and oxygen atoms in total. The molecular weight excluding hydrogens is 264 g/mol. The van der Waals surface area contributed by atoms with Gasteiger partial charge in [0.15, 0.2) is 0 Å². The Hall–Kier alpha value is -0.490. The smallest absolute Gasteiger partial charge is 0.0372 e. The van der Waals surface area contributed by atoms with Crippen LogP contribution >= 0.6 is 11.6 Å². The number of alkyl halides is 1. The van der Waals surface area contributed by atoms with Crippen LogP contribution in [0.4, 0.5) is 0 Å². The summed E-state index contributed by atoms with van der Waals surface area (Å²) in [6.07, 6.45) is 4.95. The van der Waals surface area contributed by atoms with Gasteiger partial charge in [0.05, 0.1) is 0 Å². The first-order valence-electron chi connectivity index (χ1n) is 8.00. The van der Waals surface area contributed by atoms with Crippen LogP contribution < -0.4 is 0 Å². The quantitative estimate of drug-likeness (QED) is 0.607. The SMILES string of the molecule is Cc1ccc(C)c(CC(C)(C)C2CCC(C)CC2Cl)c1. The molecule has 0 radical (unpaired) electrons. The van der Waals surface area contributed by atoms with Gasteiger partial charge in [-0.15, -0.1) is 11.6 Å². The van der Waals surface area contributed by atoms with Gasteiger partial charge in [0.2, 0.25) is 0 Å². The molecule has 0 N–H and O–H groups in total. The average Bonchev–Trinajstić information content (AvgIpc) is 2.33. The Labute approximate surface area is 129 Å². The van der Waals surface area contributed by atoms with Gasteiger partial charge in [0, 0.05) is 5.38 Å². The van der Waals surface area contributed by atoms with Crippen molar-refractivity contribution in [3.8, 4) is 0 Å². The van der Waals surface area contributed by atoms with Gasteiger partial charge in [-0.05, 0) is 61.5 Å². The lowest BCUT2D eigenvalue weighted by Crippen LogP contribution is -2.37. The van der Waals surface area contributed by atoms with E-state index in [-0.39, 0.29) is 5.41 Å². The molecule has 0 amide bonds. The summed E-state index contributed by atoms with van der Waals surface area (Å²) < 4.78 is 0. The van der Waals surface area contributed by atoms with E-state index in [1.54, 1.807) is 0 Å². The Bertz CT molecular complexity index is 461. The molecule has 1 aliphatic rings. The van der Waals surface area contributed by atoms with Gasteiger partial charge in [-0.1, -0.05) is 51.0 Å². The molecule has 1 fully saturated rings. The summed E-state index contributed by atoms with van der Waals surface area (Å²) in [5.41, 5.74) is 4.56. The van der Waals surface area contributed by atoms with E-state index in [0.717, 1.165) is 12.3 Å². The van der Waals surface area contributed by atoms with Crippen LogP contribution in [0.1, 0.15) is 56.7 Å². The van der Waals surface area contributed by atoms with Crippen molar-refractivity contribution in [2.24, 2.45) is 17.3 Å². The number of halogens is 1. The van der Waals surface area contributed by atoms with E-state index >= 15 is 0 Å². The van der Waals surface area contributed by atoms with Crippen molar-refractivity contribution in [3.63, 3.8) is 0 Å². The van der Waals surface area contributed by atoms with E-state index in [9.17, 15) is 0 Å². The largest absolute Gasteiger partial charge is 0.123 e. The third-order valence-electron chi connectivity index (χ3n) is 5.19. The summed E-state index contributed by atoms with van der Waals surface area (Å²) in [5, 5.41) is 0.346. The molecule has 0 aromatic heterocycles. The molecule has 1 heteroatoms. The lowest BCUT2D eigenvalue weighted by Gasteiger charge is -2.42. The van der Waals surface area contributed by atoms with Crippen LogP contribution in [0.3, 0.4) is 0 Å². The van der Waals surface area contributed by atoms with Crippen molar-refractivity contribution < 1.29 is 0 Å². The lowest BCUT2D eigenvalue weighted by atomic mass is 9.66. The number of benzene rings is 1. The Balaban J connectivity index is 2.16. The first kappa shape index (κ1) is 15.9. The van der Waals surface area contributed by atoms with Crippen LogP contribution in [0.15, 0.2) is 18.2 Å². The maximum Gasteiger partial charge on any atom is 0.0372 e. The first-order chi connectivity index (χ1) is 9.29. The number of hydrogen-bond donors (Lipinski definition) is 0. The van der Waals surface area contributed by atoms with E-state index in [1.165, 1.54) is 36.0 Å². The summed E-state index contributed by atoms with van der Waals surface area (Å²) in [6.45, 7) is 11.6. The van der Waals surface area contributed by atoms with E-state index in [4.69, 9.17) is 11.6 Å². The first-order valence-corrected chi connectivity index (χ1v) is 8.43. The van der Waals surface area contributed by atoms with Gasteiger partial charge >= 0.3 is 0 Å². The van der Waals surface area contributed by atoms with Gasteiger partial charge in [0.25, 0.3) is 0 Å². The molecule has 1 saturated carbocycles. The van der Waals surface area contributed by atoms with Crippen LogP contribution in [-0.2, 0) is 6.42 Å². The Morgan fingerprint density at radius 2 is 1.90 bits per heavy atom. The molecule has 1 aliphatic carbocycles. The van der Waals surface area contributed by atoms with Crippen molar-refractivity contribution in [1.29, 1.82) is 0 Å². The normalized spacial score (nSPS) is 27.6. The van der Waals surface area contributed by atoms with E-state index < -0.39 is 0 Å². The predicted octanol–water partition coefficient (Wildman–Crippen LogP) is 5.92. The number of hydrogen-bond acceptors (Lipinski definition) is 0. The monoisotopic (exact) mass is 292 g/mol. The van der Waals surface area contributed by atoms with Crippen molar-refractivity contribution in [3.05, 3.63) is 34.9 Å². The maximum atomic E-state index is 6.70. The van der Waals surface area contributed by atoms with Gasteiger partial charge in [-0.3, -0.25) is 0 Å². The molecule has 3 atom stereocenters. The molecule has 3 unspecified atom stereocenters.